The summed E-state index contributed by atoms with van der Waals surface area (Å²) >= 11 is 0. The maximum Gasteiger partial charge on any atom is 0.303 e. The fourth-order valence-electron chi connectivity index (χ4n) is 3.25. The number of ether oxygens (including phenoxy) is 3. The molecule has 1 unspecified atom stereocenters. The van der Waals surface area contributed by atoms with E-state index in [9.17, 15) is 14.4 Å². The van der Waals surface area contributed by atoms with Gasteiger partial charge in [-0.2, -0.15) is 0 Å². The number of hydrogen-bond donors (Lipinski definition) is 0. The van der Waals surface area contributed by atoms with E-state index in [-0.39, 0.29) is 13.2 Å². The summed E-state index contributed by atoms with van der Waals surface area (Å²) in [6, 6.07) is 18.8. The van der Waals surface area contributed by atoms with E-state index < -0.39 is 36.3 Å². The molecule has 1 aliphatic rings. The monoisotopic (exact) mass is 397 g/mol. The van der Waals surface area contributed by atoms with Crippen molar-refractivity contribution in [3.05, 3.63) is 71.8 Å². The molecule has 3 rings (SSSR count). The van der Waals surface area contributed by atoms with Gasteiger partial charge in [0.2, 0.25) is 6.10 Å². The number of rotatable bonds is 7. The number of likely N-dealkylation sites (tertiary alicyclic amines) is 1. The SMILES string of the molecule is CC(=O)O[C@@H]1C(=O)N(Cc2ccccc2)C(OCc2ccccc2)[C@@H]1OC(C)=O. The largest absolute Gasteiger partial charge is 0.453 e. The molecule has 0 aromatic heterocycles. The quantitative estimate of drug-likeness (QED) is 0.668. The van der Waals surface area contributed by atoms with Crippen molar-refractivity contribution in [2.24, 2.45) is 0 Å². The third-order valence-corrected chi connectivity index (χ3v) is 4.47. The lowest BCUT2D eigenvalue weighted by atomic mass is 10.2. The van der Waals surface area contributed by atoms with Crippen molar-refractivity contribution in [2.75, 3.05) is 0 Å². The summed E-state index contributed by atoms with van der Waals surface area (Å²) in [5.74, 6) is -1.69. The number of amides is 1. The Hall–Kier alpha value is -3.19. The molecule has 0 bridgehead atoms. The fourth-order valence-corrected chi connectivity index (χ4v) is 3.25. The standard InChI is InChI=1S/C22H23NO6/c1-15(24)28-19-20(29-16(2)25)22(27-14-18-11-7-4-8-12-18)23(21(19)26)13-17-9-5-3-6-10-17/h3-12,19-20,22H,13-14H2,1-2H3/t19-,20+,22?/m0/s1. The minimum atomic E-state index is -1.25. The Morgan fingerprint density at radius 3 is 1.97 bits per heavy atom. The van der Waals surface area contributed by atoms with Crippen LogP contribution in [-0.2, 0) is 41.7 Å². The second-order valence-corrected chi connectivity index (χ2v) is 6.74. The zero-order valence-electron chi connectivity index (χ0n) is 16.3. The summed E-state index contributed by atoms with van der Waals surface area (Å²) in [6.07, 6.45) is -3.20. The molecule has 1 aliphatic heterocycles. The molecule has 0 aliphatic carbocycles. The van der Waals surface area contributed by atoms with E-state index in [0.29, 0.717) is 0 Å². The minimum Gasteiger partial charge on any atom is -0.453 e. The lowest BCUT2D eigenvalue weighted by Crippen LogP contribution is -2.41. The van der Waals surface area contributed by atoms with Crippen LogP contribution in [0.15, 0.2) is 60.7 Å². The molecule has 7 nitrogen and oxygen atoms in total. The van der Waals surface area contributed by atoms with Crippen LogP contribution in [0.3, 0.4) is 0 Å². The molecule has 0 spiro atoms. The van der Waals surface area contributed by atoms with Crippen LogP contribution < -0.4 is 0 Å². The predicted octanol–water partition coefficient (Wildman–Crippen LogP) is 2.44. The highest BCUT2D eigenvalue weighted by Gasteiger charge is 2.53. The molecule has 1 fully saturated rings. The van der Waals surface area contributed by atoms with Crippen LogP contribution >= 0.6 is 0 Å². The first-order valence-corrected chi connectivity index (χ1v) is 9.30. The van der Waals surface area contributed by atoms with Crippen LogP contribution in [0, 0.1) is 0 Å². The van der Waals surface area contributed by atoms with Gasteiger partial charge in [0.05, 0.1) is 6.61 Å². The van der Waals surface area contributed by atoms with Crippen molar-refractivity contribution in [1.29, 1.82) is 0 Å². The van der Waals surface area contributed by atoms with Gasteiger partial charge in [-0.15, -0.1) is 0 Å². The van der Waals surface area contributed by atoms with Gasteiger partial charge < -0.3 is 19.1 Å². The van der Waals surface area contributed by atoms with Crippen molar-refractivity contribution >= 4 is 17.8 Å². The van der Waals surface area contributed by atoms with E-state index in [4.69, 9.17) is 14.2 Å². The second kappa shape index (κ2) is 9.34. The van der Waals surface area contributed by atoms with Crippen molar-refractivity contribution in [1.82, 2.24) is 4.90 Å². The van der Waals surface area contributed by atoms with Crippen LogP contribution in [-0.4, -0.2) is 41.2 Å². The third kappa shape index (κ3) is 5.20. The highest BCUT2D eigenvalue weighted by atomic mass is 16.6. The molecule has 0 radical (unpaired) electrons. The van der Waals surface area contributed by atoms with E-state index in [1.165, 1.54) is 18.7 Å². The van der Waals surface area contributed by atoms with Gasteiger partial charge in [0.25, 0.3) is 5.91 Å². The van der Waals surface area contributed by atoms with E-state index in [0.717, 1.165) is 11.1 Å². The second-order valence-electron chi connectivity index (χ2n) is 6.74. The first-order valence-electron chi connectivity index (χ1n) is 9.30. The lowest BCUT2D eigenvalue weighted by molar-refractivity contribution is -0.175. The zero-order chi connectivity index (χ0) is 20.8. The molecule has 0 saturated carbocycles. The van der Waals surface area contributed by atoms with E-state index in [1.807, 2.05) is 60.7 Å². The van der Waals surface area contributed by atoms with Crippen molar-refractivity contribution in [2.45, 2.75) is 45.4 Å². The number of nitrogens with zero attached hydrogens (tertiary/aromatic N) is 1. The number of esters is 2. The number of benzene rings is 2. The van der Waals surface area contributed by atoms with Gasteiger partial charge in [-0.25, -0.2) is 0 Å². The van der Waals surface area contributed by atoms with Gasteiger partial charge in [0.15, 0.2) is 12.3 Å². The van der Waals surface area contributed by atoms with E-state index in [2.05, 4.69) is 0 Å². The molecule has 1 heterocycles. The molecular weight excluding hydrogens is 374 g/mol. The number of carbonyl (C=O) groups is 3. The summed E-state index contributed by atoms with van der Waals surface area (Å²) in [5, 5.41) is 0. The number of carbonyl (C=O) groups excluding carboxylic acids is 3. The Balaban J connectivity index is 1.88. The Kier molecular flexibility index (Phi) is 6.61. The topological polar surface area (TPSA) is 82.1 Å². The van der Waals surface area contributed by atoms with Crippen LogP contribution in [0.4, 0.5) is 0 Å². The Bertz CT molecular complexity index is 854. The van der Waals surface area contributed by atoms with Crippen LogP contribution in [0.2, 0.25) is 0 Å². The smallest absolute Gasteiger partial charge is 0.303 e. The molecule has 29 heavy (non-hydrogen) atoms. The van der Waals surface area contributed by atoms with Gasteiger partial charge in [-0.1, -0.05) is 60.7 Å². The van der Waals surface area contributed by atoms with Gasteiger partial charge in [-0.3, -0.25) is 14.4 Å². The normalized spacial score (nSPS) is 21.1. The maximum atomic E-state index is 13.0. The minimum absolute atomic E-state index is 0.203. The van der Waals surface area contributed by atoms with Gasteiger partial charge in [0, 0.05) is 20.4 Å². The third-order valence-electron chi connectivity index (χ3n) is 4.47. The molecule has 7 heteroatoms. The van der Waals surface area contributed by atoms with Crippen molar-refractivity contribution in [3.63, 3.8) is 0 Å². The molecule has 0 N–H and O–H groups in total. The van der Waals surface area contributed by atoms with Crippen LogP contribution in [0.5, 0.6) is 0 Å². The highest BCUT2D eigenvalue weighted by Crippen LogP contribution is 2.29. The summed E-state index contributed by atoms with van der Waals surface area (Å²) in [4.78, 5) is 37.7. The maximum absolute atomic E-state index is 13.0. The summed E-state index contributed by atoms with van der Waals surface area (Å²) < 4.78 is 16.6. The van der Waals surface area contributed by atoms with E-state index in [1.54, 1.807) is 0 Å². The van der Waals surface area contributed by atoms with Gasteiger partial charge in [0.1, 0.15) is 0 Å². The Morgan fingerprint density at radius 2 is 1.41 bits per heavy atom. The van der Waals surface area contributed by atoms with Gasteiger partial charge >= 0.3 is 11.9 Å². The van der Waals surface area contributed by atoms with Crippen molar-refractivity contribution < 1.29 is 28.6 Å². The first kappa shape index (κ1) is 20.5. The molecule has 2 aromatic rings. The average molecular weight is 397 g/mol. The van der Waals surface area contributed by atoms with Gasteiger partial charge in [-0.05, 0) is 11.1 Å². The predicted molar refractivity (Wildman–Crippen MR) is 103 cm³/mol. The zero-order valence-corrected chi connectivity index (χ0v) is 16.3. The summed E-state index contributed by atoms with van der Waals surface area (Å²) in [5.41, 5.74) is 1.77. The molecule has 1 amide bonds. The number of hydrogen-bond acceptors (Lipinski definition) is 6. The fraction of sp³-hybridized carbons (Fsp3) is 0.318. The van der Waals surface area contributed by atoms with E-state index >= 15 is 0 Å². The molecule has 2 aromatic carbocycles. The molecule has 1 saturated heterocycles. The Morgan fingerprint density at radius 1 is 0.862 bits per heavy atom. The molecule has 152 valence electrons. The summed E-state index contributed by atoms with van der Waals surface area (Å²) in [6.45, 7) is 2.88. The van der Waals surface area contributed by atoms with Crippen LogP contribution in [0.1, 0.15) is 25.0 Å². The molecular formula is C22H23NO6. The average Bonchev–Trinajstić information content (AvgIpc) is 2.92. The first-order chi connectivity index (χ1) is 14.0. The molecule has 3 atom stereocenters. The highest BCUT2D eigenvalue weighted by molar-refractivity contribution is 5.87. The lowest BCUT2D eigenvalue weighted by Gasteiger charge is -2.27. The van der Waals surface area contributed by atoms with Crippen LogP contribution in [0.25, 0.3) is 0 Å². The Labute approximate surface area is 169 Å². The summed E-state index contributed by atoms with van der Waals surface area (Å²) in [7, 11) is 0. The van der Waals surface area contributed by atoms with Crippen molar-refractivity contribution in [3.8, 4) is 0 Å².